The van der Waals surface area contributed by atoms with E-state index in [9.17, 15) is 4.79 Å². The van der Waals surface area contributed by atoms with E-state index in [4.69, 9.17) is 18.9 Å². The monoisotopic (exact) mass is 366 g/mol. The Labute approximate surface area is 156 Å². The van der Waals surface area contributed by atoms with E-state index < -0.39 is 5.97 Å². The third-order valence-electron chi connectivity index (χ3n) is 3.84. The average molecular weight is 366 g/mol. The Balaban J connectivity index is 1.78. The molecule has 0 spiro atoms. The molecule has 0 aliphatic rings. The highest BCUT2D eigenvalue weighted by molar-refractivity contribution is 5.93. The molecule has 138 valence electrons. The van der Waals surface area contributed by atoms with Crippen molar-refractivity contribution in [3.63, 3.8) is 0 Å². The van der Waals surface area contributed by atoms with Crippen molar-refractivity contribution in [1.29, 1.82) is 0 Å². The molecule has 0 radical (unpaired) electrons. The van der Waals surface area contributed by atoms with Crippen molar-refractivity contribution < 1.29 is 23.7 Å². The van der Waals surface area contributed by atoms with E-state index in [1.165, 1.54) is 7.11 Å². The van der Waals surface area contributed by atoms with Crippen LogP contribution in [0.2, 0.25) is 0 Å². The van der Waals surface area contributed by atoms with Crippen LogP contribution in [0.15, 0.2) is 54.6 Å². The number of methoxy groups -OCH3 is 3. The average Bonchev–Trinajstić information content (AvgIpc) is 2.73. The molecule has 0 amide bonds. The predicted octanol–water partition coefficient (Wildman–Crippen LogP) is 3.39. The molecule has 7 nitrogen and oxygen atoms in total. The number of para-hydroxylation sites is 1. The summed E-state index contributed by atoms with van der Waals surface area (Å²) in [7, 11) is 4.62. The molecule has 3 aromatic rings. The van der Waals surface area contributed by atoms with Crippen LogP contribution < -0.4 is 18.9 Å². The number of carbonyl (C=O) groups excluding carboxylic acids is 1. The maximum atomic E-state index is 12.3. The Bertz CT molecular complexity index is 941. The molecule has 7 heteroatoms. The van der Waals surface area contributed by atoms with Gasteiger partial charge in [0.1, 0.15) is 11.3 Å². The summed E-state index contributed by atoms with van der Waals surface area (Å²) in [6, 6.07) is 15.5. The predicted molar refractivity (Wildman–Crippen MR) is 98.5 cm³/mol. The van der Waals surface area contributed by atoms with Gasteiger partial charge in [-0.3, -0.25) is 0 Å². The number of rotatable bonds is 6. The van der Waals surface area contributed by atoms with E-state index in [0.29, 0.717) is 28.5 Å². The van der Waals surface area contributed by atoms with Crippen molar-refractivity contribution in [3.05, 3.63) is 60.2 Å². The van der Waals surface area contributed by atoms with Crippen LogP contribution in [0.1, 0.15) is 10.4 Å². The van der Waals surface area contributed by atoms with Crippen LogP contribution in [0.25, 0.3) is 11.3 Å². The van der Waals surface area contributed by atoms with Crippen molar-refractivity contribution in [1.82, 2.24) is 10.2 Å². The third kappa shape index (κ3) is 3.98. The van der Waals surface area contributed by atoms with Crippen LogP contribution >= 0.6 is 0 Å². The molecule has 3 rings (SSSR count). The summed E-state index contributed by atoms with van der Waals surface area (Å²) < 4.78 is 21.0. The molecule has 0 saturated heterocycles. The largest absolute Gasteiger partial charge is 0.496 e. The summed E-state index contributed by atoms with van der Waals surface area (Å²) >= 11 is 0. The molecule has 0 saturated carbocycles. The van der Waals surface area contributed by atoms with E-state index in [0.717, 1.165) is 5.56 Å². The van der Waals surface area contributed by atoms with Gasteiger partial charge in [-0.2, -0.15) is 0 Å². The topological polar surface area (TPSA) is 79.8 Å². The fourth-order valence-electron chi connectivity index (χ4n) is 2.49. The van der Waals surface area contributed by atoms with E-state index in [2.05, 4.69) is 10.2 Å². The van der Waals surface area contributed by atoms with Gasteiger partial charge in [0.2, 0.25) is 5.88 Å². The summed E-state index contributed by atoms with van der Waals surface area (Å²) in [6.45, 7) is 0. The molecule has 1 heterocycles. The van der Waals surface area contributed by atoms with Gasteiger partial charge in [-0.25, -0.2) is 4.79 Å². The molecule has 0 N–H and O–H groups in total. The van der Waals surface area contributed by atoms with Crippen LogP contribution in [0.3, 0.4) is 0 Å². The first kappa shape index (κ1) is 18.2. The van der Waals surface area contributed by atoms with E-state index in [1.807, 2.05) is 6.07 Å². The first-order chi connectivity index (χ1) is 13.2. The zero-order chi connectivity index (χ0) is 19.2. The maximum Gasteiger partial charge on any atom is 0.348 e. The Kier molecular flexibility index (Phi) is 5.51. The van der Waals surface area contributed by atoms with Crippen molar-refractivity contribution in [2.75, 3.05) is 21.3 Å². The van der Waals surface area contributed by atoms with Crippen molar-refractivity contribution >= 4 is 5.97 Å². The minimum atomic E-state index is -0.569. The Morgan fingerprint density at radius 2 is 1.52 bits per heavy atom. The van der Waals surface area contributed by atoms with Gasteiger partial charge >= 0.3 is 5.97 Å². The molecule has 0 bridgehead atoms. The lowest BCUT2D eigenvalue weighted by Gasteiger charge is -2.09. The minimum absolute atomic E-state index is 0.0927. The first-order valence-electron chi connectivity index (χ1n) is 8.07. The Morgan fingerprint density at radius 1 is 0.778 bits per heavy atom. The zero-order valence-electron chi connectivity index (χ0n) is 15.1. The first-order valence-corrected chi connectivity index (χ1v) is 8.07. The normalized spacial score (nSPS) is 10.2. The maximum absolute atomic E-state index is 12.3. The van der Waals surface area contributed by atoms with Crippen LogP contribution in [-0.2, 0) is 0 Å². The molecule has 0 aliphatic carbocycles. The van der Waals surface area contributed by atoms with Gasteiger partial charge in [-0.1, -0.05) is 12.1 Å². The number of benzene rings is 2. The smallest absolute Gasteiger partial charge is 0.348 e. The number of aromatic nitrogens is 2. The standard InChI is InChI=1S/C20H18N2O5/c1-24-16-7-5-4-6-14(16)20(23)27-19-11-9-15(21-22-19)13-8-10-17(25-2)18(12-13)26-3/h4-12H,1-3H3. The lowest BCUT2D eigenvalue weighted by atomic mass is 10.1. The molecule has 0 unspecified atom stereocenters. The van der Waals surface area contributed by atoms with Gasteiger partial charge in [-0.05, 0) is 36.4 Å². The van der Waals surface area contributed by atoms with Gasteiger partial charge in [0.05, 0.1) is 27.0 Å². The van der Waals surface area contributed by atoms with Crippen LogP contribution in [0.5, 0.6) is 23.1 Å². The third-order valence-corrected chi connectivity index (χ3v) is 3.84. The van der Waals surface area contributed by atoms with Crippen LogP contribution in [0.4, 0.5) is 0 Å². The van der Waals surface area contributed by atoms with Crippen molar-refractivity contribution in [2.45, 2.75) is 0 Å². The van der Waals surface area contributed by atoms with Gasteiger partial charge < -0.3 is 18.9 Å². The summed E-state index contributed by atoms with van der Waals surface area (Å²) in [5, 5.41) is 8.08. The summed E-state index contributed by atoms with van der Waals surface area (Å²) in [5.41, 5.74) is 1.71. The number of nitrogens with zero attached hydrogens (tertiary/aromatic N) is 2. The summed E-state index contributed by atoms with van der Waals surface area (Å²) in [5.74, 6) is 1.16. The highest BCUT2D eigenvalue weighted by Crippen LogP contribution is 2.31. The second kappa shape index (κ2) is 8.18. The molecular weight excluding hydrogens is 348 g/mol. The molecule has 0 aliphatic heterocycles. The number of ether oxygens (including phenoxy) is 4. The summed E-state index contributed by atoms with van der Waals surface area (Å²) in [6.07, 6.45) is 0. The molecule has 0 atom stereocenters. The molecule has 0 fully saturated rings. The van der Waals surface area contributed by atoms with Gasteiger partial charge in [0.25, 0.3) is 0 Å². The van der Waals surface area contributed by atoms with E-state index in [1.54, 1.807) is 62.8 Å². The van der Waals surface area contributed by atoms with Crippen molar-refractivity contribution in [3.8, 4) is 34.4 Å². The Morgan fingerprint density at radius 3 is 2.19 bits per heavy atom. The van der Waals surface area contributed by atoms with E-state index in [-0.39, 0.29) is 5.88 Å². The zero-order valence-corrected chi connectivity index (χ0v) is 15.1. The quantitative estimate of drug-likeness (QED) is 0.619. The molecule has 1 aromatic heterocycles. The molecule has 27 heavy (non-hydrogen) atoms. The molecular formula is C20H18N2O5. The van der Waals surface area contributed by atoms with E-state index >= 15 is 0 Å². The van der Waals surface area contributed by atoms with Gasteiger partial charge in [0, 0.05) is 11.6 Å². The van der Waals surface area contributed by atoms with Gasteiger partial charge in [-0.15, -0.1) is 10.2 Å². The summed E-state index contributed by atoms with van der Waals surface area (Å²) in [4.78, 5) is 12.3. The Hall–Kier alpha value is -3.61. The molecule has 2 aromatic carbocycles. The highest BCUT2D eigenvalue weighted by Gasteiger charge is 2.15. The van der Waals surface area contributed by atoms with Crippen molar-refractivity contribution in [2.24, 2.45) is 0 Å². The fourth-order valence-corrected chi connectivity index (χ4v) is 2.49. The van der Waals surface area contributed by atoms with Crippen LogP contribution in [0, 0.1) is 0 Å². The number of hydrogen-bond acceptors (Lipinski definition) is 7. The fraction of sp³-hybridized carbons (Fsp3) is 0.150. The number of esters is 1. The minimum Gasteiger partial charge on any atom is -0.496 e. The number of hydrogen-bond donors (Lipinski definition) is 0. The second-order valence-corrected chi connectivity index (χ2v) is 5.42. The van der Waals surface area contributed by atoms with Crippen LogP contribution in [-0.4, -0.2) is 37.5 Å². The van der Waals surface area contributed by atoms with Gasteiger partial charge in [0.15, 0.2) is 11.5 Å². The lowest BCUT2D eigenvalue weighted by molar-refractivity contribution is 0.0722. The lowest BCUT2D eigenvalue weighted by Crippen LogP contribution is -2.11. The highest BCUT2D eigenvalue weighted by atomic mass is 16.5. The number of carbonyl (C=O) groups is 1. The second-order valence-electron chi connectivity index (χ2n) is 5.42. The SMILES string of the molecule is COc1ccc(-c2ccc(OC(=O)c3ccccc3OC)nn2)cc1OC.